The molecule has 24 heavy (non-hydrogen) atoms. The number of carbonyl (C=O) groups is 1. The summed E-state index contributed by atoms with van der Waals surface area (Å²) in [5.74, 6) is 0.0227. The largest absolute Gasteiger partial charge is 0.476 e. The van der Waals surface area contributed by atoms with Crippen LogP contribution in [0, 0.1) is 0 Å². The Bertz CT molecular complexity index is 894. The molecule has 122 valence electrons. The fourth-order valence-corrected chi connectivity index (χ4v) is 3.30. The van der Waals surface area contributed by atoms with Crippen molar-refractivity contribution in [3.63, 3.8) is 0 Å². The zero-order chi connectivity index (χ0) is 16.5. The summed E-state index contributed by atoms with van der Waals surface area (Å²) < 4.78 is 6.04. The number of anilines is 1. The third kappa shape index (κ3) is 2.65. The highest BCUT2D eigenvalue weighted by Gasteiger charge is 2.22. The summed E-state index contributed by atoms with van der Waals surface area (Å²) in [4.78, 5) is 34.4. The fraction of sp³-hybridized carbons (Fsp3) is 0.286. The van der Waals surface area contributed by atoms with E-state index in [1.54, 1.807) is 12.4 Å². The molecule has 9 nitrogen and oxygen atoms in total. The molecular weight excluding hydrogens is 332 g/mol. The number of aromatic nitrogens is 5. The topological polar surface area (TPSA) is 114 Å². The van der Waals surface area contributed by atoms with Crippen molar-refractivity contribution < 1.29 is 14.6 Å². The van der Waals surface area contributed by atoms with Crippen molar-refractivity contribution in [1.82, 2.24) is 24.9 Å². The van der Waals surface area contributed by atoms with Crippen LogP contribution in [0.3, 0.4) is 0 Å². The van der Waals surface area contributed by atoms with E-state index >= 15 is 0 Å². The van der Waals surface area contributed by atoms with Crippen LogP contribution < -0.4 is 4.90 Å². The zero-order valence-corrected chi connectivity index (χ0v) is 13.2. The Morgan fingerprint density at radius 2 is 1.92 bits per heavy atom. The van der Waals surface area contributed by atoms with Crippen LogP contribution in [0.15, 0.2) is 18.7 Å². The van der Waals surface area contributed by atoms with Crippen LogP contribution in [-0.2, 0) is 4.74 Å². The van der Waals surface area contributed by atoms with Crippen molar-refractivity contribution in [2.75, 3.05) is 31.2 Å². The van der Waals surface area contributed by atoms with E-state index in [0.29, 0.717) is 53.9 Å². The first-order chi connectivity index (χ1) is 11.7. The van der Waals surface area contributed by atoms with Crippen LogP contribution in [0.1, 0.15) is 9.80 Å². The molecule has 1 aliphatic heterocycles. The molecule has 0 aromatic carbocycles. The highest BCUT2D eigenvalue weighted by atomic mass is 32.1. The Labute approximate surface area is 140 Å². The van der Waals surface area contributed by atoms with Gasteiger partial charge in [0, 0.05) is 25.5 Å². The van der Waals surface area contributed by atoms with Crippen molar-refractivity contribution in [3.8, 4) is 11.4 Å². The van der Waals surface area contributed by atoms with Gasteiger partial charge in [-0.3, -0.25) is 0 Å². The van der Waals surface area contributed by atoms with Gasteiger partial charge in [0.05, 0.1) is 18.8 Å². The normalized spacial score (nSPS) is 14.9. The third-order valence-electron chi connectivity index (χ3n) is 3.55. The highest BCUT2D eigenvalue weighted by molar-refractivity contribution is 7.20. The number of carboxylic acids is 1. The number of carboxylic acid groups (broad SMARTS) is 1. The summed E-state index contributed by atoms with van der Waals surface area (Å²) in [6, 6.07) is 0. The molecule has 0 radical (unpaired) electrons. The molecule has 1 fully saturated rings. The molecule has 4 rings (SSSR count). The average Bonchev–Trinajstić information content (AvgIpc) is 3.07. The maximum atomic E-state index is 11.3. The SMILES string of the molecule is O=C(O)c1nc2nc(-c3cncnc3)nc(N3CCOCC3)c2s1. The summed E-state index contributed by atoms with van der Waals surface area (Å²) in [5.41, 5.74) is 1.02. The van der Waals surface area contributed by atoms with Gasteiger partial charge in [-0.05, 0) is 0 Å². The standard InChI is InChI=1S/C14H12N6O3S/c21-14(22)13-19-11-9(24-13)12(20-1-3-23-4-2-20)18-10(17-11)8-5-15-7-16-6-8/h5-7H,1-4H2,(H,21,22). The minimum absolute atomic E-state index is 0.00438. The predicted octanol–water partition coefficient (Wildman–Crippen LogP) is 1.08. The number of aromatic carboxylic acids is 1. The lowest BCUT2D eigenvalue weighted by Crippen LogP contribution is -2.36. The minimum atomic E-state index is -1.07. The third-order valence-corrected chi connectivity index (χ3v) is 4.58. The average molecular weight is 344 g/mol. The van der Waals surface area contributed by atoms with Gasteiger partial charge in [0.1, 0.15) is 11.0 Å². The van der Waals surface area contributed by atoms with Crippen LogP contribution in [0.2, 0.25) is 0 Å². The van der Waals surface area contributed by atoms with Crippen LogP contribution in [0.5, 0.6) is 0 Å². The lowest BCUT2D eigenvalue weighted by molar-refractivity contribution is 0.0696. The predicted molar refractivity (Wildman–Crippen MR) is 86.2 cm³/mol. The lowest BCUT2D eigenvalue weighted by atomic mass is 10.3. The molecule has 0 amide bonds. The van der Waals surface area contributed by atoms with E-state index in [9.17, 15) is 9.90 Å². The molecule has 1 aliphatic rings. The lowest BCUT2D eigenvalue weighted by Gasteiger charge is -2.28. The maximum Gasteiger partial charge on any atom is 0.365 e. The monoisotopic (exact) mass is 344 g/mol. The first-order valence-electron chi connectivity index (χ1n) is 7.22. The van der Waals surface area contributed by atoms with Gasteiger partial charge < -0.3 is 14.7 Å². The first kappa shape index (κ1) is 14.8. The second kappa shape index (κ2) is 6.06. The zero-order valence-electron chi connectivity index (χ0n) is 12.4. The molecule has 4 heterocycles. The van der Waals surface area contributed by atoms with Gasteiger partial charge in [-0.15, -0.1) is 11.3 Å². The number of morpholine rings is 1. The molecule has 10 heteroatoms. The summed E-state index contributed by atoms with van der Waals surface area (Å²) in [7, 11) is 0. The smallest absolute Gasteiger partial charge is 0.365 e. The summed E-state index contributed by atoms with van der Waals surface area (Å²) in [6.45, 7) is 2.55. The van der Waals surface area contributed by atoms with Gasteiger partial charge in [-0.25, -0.2) is 29.7 Å². The van der Waals surface area contributed by atoms with E-state index in [1.165, 1.54) is 6.33 Å². The van der Waals surface area contributed by atoms with Crippen molar-refractivity contribution in [2.24, 2.45) is 0 Å². The molecule has 0 spiro atoms. The first-order valence-corrected chi connectivity index (χ1v) is 8.04. The van der Waals surface area contributed by atoms with E-state index in [1.807, 2.05) is 0 Å². The Morgan fingerprint density at radius 3 is 2.62 bits per heavy atom. The fourth-order valence-electron chi connectivity index (χ4n) is 2.43. The molecule has 0 unspecified atom stereocenters. The van der Waals surface area contributed by atoms with Crippen molar-refractivity contribution in [3.05, 3.63) is 23.7 Å². The second-order valence-corrected chi connectivity index (χ2v) is 6.07. The Kier molecular flexibility index (Phi) is 3.75. The van der Waals surface area contributed by atoms with Gasteiger partial charge >= 0.3 is 5.97 Å². The van der Waals surface area contributed by atoms with Crippen LogP contribution in [-0.4, -0.2) is 62.3 Å². The van der Waals surface area contributed by atoms with E-state index in [0.717, 1.165) is 11.3 Å². The number of fused-ring (bicyclic) bond motifs is 1. The van der Waals surface area contributed by atoms with Crippen LogP contribution in [0.4, 0.5) is 5.82 Å². The Balaban J connectivity index is 1.90. The Hall–Kier alpha value is -2.72. The molecule has 0 bridgehead atoms. The Morgan fingerprint density at radius 1 is 1.17 bits per heavy atom. The van der Waals surface area contributed by atoms with Crippen LogP contribution in [0.25, 0.3) is 21.7 Å². The molecule has 0 aliphatic carbocycles. The molecule has 3 aromatic rings. The van der Waals surface area contributed by atoms with Crippen molar-refractivity contribution >= 4 is 33.5 Å². The van der Waals surface area contributed by atoms with E-state index in [2.05, 4.69) is 29.8 Å². The number of hydrogen-bond acceptors (Lipinski definition) is 9. The van der Waals surface area contributed by atoms with Gasteiger partial charge in [-0.2, -0.15) is 0 Å². The summed E-state index contributed by atoms with van der Waals surface area (Å²) in [6.07, 6.45) is 4.65. The van der Waals surface area contributed by atoms with Crippen LogP contribution >= 0.6 is 11.3 Å². The van der Waals surface area contributed by atoms with Gasteiger partial charge in [-0.1, -0.05) is 0 Å². The van der Waals surface area contributed by atoms with Crippen molar-refractivity contribution in [1.29, 1.82) is 0 Å². The molecule has 0 saturated carbocycles. The molecule has 0 atom stereocenters. The molecular formula is C14H12N6O3S. The van der Waals surface area contributed by atoms with E-state index in [4.69, 9.17) is 4.74 Å². The molecule has 1 saturated heterocycles. The number of thiazole rings is 1. The van der Waals surface area contributed by atoms with Gasteiger partial charge in [0.15, 0.2) is 17.3 Å². The highest BCUT2D eigenvalue weighted by Crippen LogP contribution is 2.32. The van der Waals surface area contributed by atoms with Gasteiger partial charge in [0.25, 0.3) is 0 Å². The van der Waals surface area contributed by atoms with Gasteiger partial charge in [0.2, 0.25) is 5.01 Å². The summed E-state index contributed by atoms with van der Waals surface area (Å²) >= 11 is 1.08. The summed E-state index contributed by atoms with van der Waals surface area (Å²) in [5, 5.41) is 9.22. The van der Waals surface area contributed by atoms with E-state index < -0.39 is 5.97 Å². The number of hydrogen-bond donors (Lipinski definition) is 1. The molecule has 1 N–H and O–H groups in total. The maximum absolute atomic E-state index is 11.3. The van der Waals surface area contributed by atoms with Crippen molar-refractivity contribution in [2.45, 2.75) is 0 Å². The molecule has 3 aromatic heterocycles. The number of ether oxygens (including phenoxy) is 1. The number of rotatable bonds is 3. The number of nitrogens with zero attached hydrogens (tertiary/aromatic N) is 6. The van der Waals surface area contributed by atoms with E-state index in [-0.39, 0.29) is 5.01 Å². The quantitative estimate of drug-likeness (QED) is 0.745. The minimum Gasteiger partial charge on any atom is -0.476 e. The second-order valence-electron chi connectivity index (χ2n) is 5.07.